The van der Waals surface area contributed by atoms with Gasteiger partial charge in [0.15, 0.2) is 8.07 Å². The summed E-state index contributed by atoms with van der Waals surface area (Å²) in [7, 11) is -6.90. The van der Waals surface area contributed by atoms with Crippen LogP contribution in [0, 0.1) is 6.92 Å². The number of aliphatic hydroxyl groups is 1. The normalized spacial score (nSPS) is 13.4. The summed E-state index contributed by atoms with van der Waals surface area (Å²) in [6.45, 7) is 2.05. The zero-order valence-electron chi connectivity index (χ0n) is 27.6. The fraction of sp³-hybridized carbons (Fsp3) is 0.116. The topological polar surface area (TPSA) is 57.6 Å². The van der Waals surface area contributed by atoms with Crippen molar-refractivity contribution in [2.24, 2.45) is 0 Å². The second-order valence-electron chi connectivity index (χ2n) is 12.4. The molecule has 0 radical (unpaired) electrons. The van der Waals surface area contributed by atoms with Gasteiger partial charge < -0.3 is 5.11 Å². The molecule has 2 atom stereocenters. The molecule has 0 spiro atoms. The van der Waals surface area contributed by atoms with Gasteiger partial charge in [0.2, 0.25) is 10.0 Å². The highest BCUT2D eigenvalue weighted by molar-refractivity contribution is 7.89. The lowest BCUT2D eigenvalue weighted by molar-refractivity contribution is 0.123. The average Bonchev–Trinajstić information content (AvgIpc) is 3.15. The van der Waals surface area contributed by atoms with E-state index >= 15 is 0 Å². The number of benzene rings is 6. The number of sulfonamides is 1. The Morgan fingerprint density at radius 1 is 0.592 bits per heavy atom. The van der Waals surface area contributed by atoms with Gasteiger partial charge in [-0.25, -0.2) is 8.42 Å². The highest BCUT2D eigenvalue weighted by Gasteiger charge is 2.39. The van der Waals surface area contributed by atoms with E-state index in [2.05, 4.69) is 78.5 Å². The minimum absolute atomic E-state index is 0.109. The Balaban J connectivity index is 1.52. The van der Waals surface area contributed by atoms with Crippen molar-refractivity contribution < 1.29 is 13.5 Å². The molecule has 0 saturated carbocycles. The lowest BCUT2D eigenvalue weighted by Gasteiger charge is -2.35. The van der Waals surface area contributed by atoms with Crippen LogP contribution in [0.2, 0.25) is 0 Å². The molecule has 0 unspecified atom stereocenters. The third kappa shape index (κ3) is 7.74. The Labute approximate surface area is 291 Å². The van der Waals surface area contributed by atoms with Gasteiger partial charge in [-0.05, 0) is 52.2 Å². The van der Waals surface area contributed by atoms with Crippen LogP contribution in [-0.4, -0.2) is 38.0 Å². The minimum atomic E-state index is -4.04. The van der Waals surface area contributed by atoms with Gasteiger partial charge in [0.1, 0.15) is 0 Å². The number of hydrogen-bond acceptors (Lipinski definition) is 3. The lowest BCUT2D eigenvalue weighted by atomic mass is 10.0. The standard InChI is InChI=1S/C43H41NO3SSi/c1-35-27-29-38(30-28-35)48(46,47)44(34-37-19-9-3-10-20-37)42(33-36-17-7-2-8-18-36)43(45)31-32-49(39-21-11-4-12-22-39,40-23-13-5-14-24-40)41-25-15-6-16-26-41/h2-32,42-43,45H,33-34H2,1H3/b32-31+/t42-,43+/m0/s1. The van der Waals surface area contributed by atoms with E-state index in [0.29, 0.717) is 6.42 Å². The van der Waals surface area contributed by atoms with Crippen molar-refractivity contribution in [1.29, 1.82) is 0 Å². The van der Waals surface area contributed by atoms with E-state index in [-0.39, 0.29) is 11.4 Å². The summed E-state index contributed by atoms with van der Waals surface area (Å²) < 4.78 is 30.8. The van der Waals surface area contributed by atoms with Crippen LogP contribution in [-0.2, 0) is 23.0 Å². The molecule has 0 saturated heterocycles. The van der Waals surface area contributed by atoms with Crippen molar-refractivity contribution in [3.8, 4) is 0 Å². The first kappa shape index (κ1) is 34.0. The van der Waals surface area contributed by atoms with Gasteiger partial charge in [-0.2, -0.15) is 4.31 Å². The van der Waals surface area contributed by atoms with E-state index in [1.165, 1.54) is 19.9 Å². The number of aryl methyl sites for hydroxylation is 1. The maximum absolute atomic E-state index is 14.6. The molecule has 6 heteroatoms. The molecule has 49 heavy (non-hydrogen) atoms. The van der Waals surface area contributed by atoms with Crippen LogP contribution >= 0.6 is 0 Å². The number of rotatable bonds is 13. The summed E-state index contributed by atoms with van der Waals surface area (Å²) in [5.74, 6) is 0. The Kier molecular flexibility index (Phi) is 10.8. The van der Waals surface area contributed by atoms with Gasteiger partial charge in [0, 0.05) is 6.54 Å². The first-order chi connectivity index (χ1) is 23.9. The van der Waals surface area contributed by atoms with E-state index in [0.717, 1.165) is 16.7 Å². The van der Waals surface area contributed by atoms with Crippen LogP contribution in [0.3, 0.4) is 0 Å². The first-order valence-corrected chi connectivity index (χ1v) is 20.1. The molecule has 1 N–H and O–H groups in total. The van der Waals surface area contributed by atoms with Gasteiger partial charge in [-0.3, -0.25) is 0 Å². The van der Waals surface area contributed by atoms with Crippen LogP contribution < -0.4 is 15.6 Å². The minimum Gasteiger partial charge on any atom is -0.387 e. The molecule has 0 aromatic heterocycles. The SMILES string of the molecule is Cc1ccc(S(=O)(=O)N(Cc2ccccc2)[C@@H](Cc2ccccc2)[C@H](O)/C=C/[Si](c2ccccc2)(c2ccccc2)c2ccccc2)cc1. The van der Waals surface area contributed by atoms with Crippen molar-refractivity contribution in [1.82, 2.24) is 4.31 Å². The van der Waals surface area contributed by atoms with E-state index in [1.54, 1.807) is 12.1 Å². The molecule has 6 aromatic rings. The third-order valence-electron chi connectivity index (χ3n) is 9.09. The third-order valence-corrected chi connectivity index (χ3v) is 15.4. The van der Waals surface area contributed by atoms with Crippen molar-refractivity contribution in [2.45, 2.75) is 36.9 Å². The maximum Gasteiger partial charge on any atom is 0.243 e. The van der Waals surface area contributed by atoms with Crippen LogP contribution in [0.4, 0.5) is 0 Å². The zero-order valence-corrected chi connectivity index (χ0v) is 29.4. The maximum atomic E-state index is 14.6. The summed E-state index contributed by atoms with van der Waals surface area (Å²) in [4.78, 5) is 0.199. The Bertz CT molecular complexity index is 1940. The van der Waals surface area contributed by atoms with Crippen molar-refractivity contribution in [3.05, 3.63) is 204 Å². The molecule has 246 valence electrons. The van der Waals surface area contributed by atoms with Gasteiger partial charge in [0.05, 0.1) is 17.0 Å². The molecule has 0 amide bonds. The zero-order chi connectivity index (χ0) is 34.1. The second kappa shape index (κ2) is 15.6. The molecule has 0 aliphatic carbocycles. The van der Waals surface area contributed by atoms with Crippen molar-refractivity contribution in [3.63, 3.8) is 0 Å². The van der Waals surface area contributed by atoms with Crippen LogP contribution in [0.5, 0.6) is 0 Å². The van der Waals surface area contributed by atoms with Gasteiger partial charge >= 0.3 is 0 Å². The number of nitrogens with zero attached hydrogens (tertiary/aromatic N) is 1. The molecule has 6 aromatic carbocycles. The second-order valence-corrected chi connectivity index (χ2v) is 17.9. The largest absolute Gasteiger partial charge is 0.387 e. The predicted molar refractivity (Wildman–Crippen MR) is 203 cm³/mol. The quantitative estimate of drug-likeness (QED) is 0.113. The molecule has 0 bridgehead atoms. The monoisotopic (exact) mass is 679 g/mol. The van der Waals surface area contributed by atoms with Crippen LogP contribution in [0.15, 0.2) is 193 Å². The predicted octanol–water partition coefficient (Wildman–Crippen LogP) is 6.42. The summed E-state index contributed by atoms with van der Waals surface area (Å²) in [5, 5.41) is 15.9. The first-order valence-electron chi connectivity index (χ1n) is 16.6. The Morgan fingerprint density at radius 3 is 1.45 bits per heavy atom. The fourth-order valence-electron chi connectivity index (χ4n) is 6.50. The highest BCUT2D eigenvalue weighted by atomic mass is 32.2. The van der Waals surface area contributed by atoms with Gasteiger partial charge in [-0.1, -0.05) is 181 Å². The number of hydrogen-bond donors (Lipinski definition) is 1. The van der Waals surface area contributed by atoms with Crippen molar-refractivity contribution in [2.75, 3.05) is 0 Å². The van der Waals surface area contributed by atoms with E-state index in [4.69, 9.17) is 0 Å². The van der Waals surface area contributed by atoms with Crippen molar-refractivity contribution >= 4 is 33.7 Å². The van der Waals surface area contributed by atoms with E-state index in [9.17, 15) is 13.5 Å². The van der Waals surface area contributed by atoms with Gasteiger partial charge in [0.25, 0.3) is 0 Å². The lowest BCUT2D eigenvalue weighted by Crippen LogP contribution is -2.66. The smallest absolute Gasteiger partial charge is 0.243 e. The van der Waals surface area contributed by atoms with Crippen LogP contribution in [0.1, 0.15) is 16.7 Å². The molecule has 0 fully saturated rings. The average molecular weight is 680 g/mol. The molecule has 4 nitrogen and oxygen atoms in total. The summed E-state index contributed by atoms with van der Waals surface area (Å²) in [5.41, 5.74) is 4.94. The summed E-state index contributed by atoms with van der Waals surface area (Å²) in [6, 6.07) is 56.9. The van der Waals surface area contributed by atoms with Gasteiger partial charge in [-0.15, -0.1) is 0 Å². The van der Waals surface area contributed by atoms with Crippen LogP contribution in [0.25, 0.3) is 0 Å². The number of aliphatic hydroxyl groups excluding tert-OH is 1. The molecular formula is C43H41NO3SSi. The summed E-state index contributed by atoms with van der Waals surface area (Å²) >= 11 is 0. The Morgan fingerprint density at radius 2 is 1.00 bits per heavy atom. The molecule has 0 heterocycles. The Hall–Kier alpha value is -4.85. The highest BCUT2D eigenvalue weighted by Crippen LogP contribution is 2.26. The van der Waals surface area contributed by atoms with E-state index in [1.807, 2.05) is 104 Å². The summed E-state index contributed by atoms with van der Waals surface area (Å²) in [6.07, 6.45) is 1.04. The fourth-order valence-corrected chi connectivity index (χ4v) is 12.3. The molecule has 6 rings (SSSR count). The molecular weight excluding hydrogens is 639 g/mol. The molecule has 0 aliphatic rings. The molecule has 0 aliphatic heterocycles. The van der Waals surface area contributed by atoms with E-state index < -0.39 is 30.2 Å².